The zero-order valence-electron chi connectivity index (χ0n) is 24.0. The summed E-state index contributed by atoms with van der Waals surface area (Å²) in [6.07, 6.45) is 7.92. The summed E-state index contributed by atoms with van der Waals surface area (Å²) in [5.41, 5.74) is 3.89. The fraction of sp³-hybridized carbons (Fsp3) is 0.567. The number of nitrogens with one attached hydrogen (secondary N) is 1. The van der Waals surface area contributed by atoms with Crippen LogP contribution in [0.25, 0.3) is 16.9 Å². The molecule has 0 radical (unpaired) electrons. The molecule has 39 heavy (non-hydrogen) atoms. The van der Waals surface area contributed by atoms with Crippen LogP contribution in [0.5, 0.6) is 0 Å². The molecule has 3 aromatic rings. The number of nitrogens with zero attached hydrogens (tertiary/aromatic N) is 7. The Balaban J connectivity index is 1.21. The fourth-order valence-corrected chi connectivity index (χ4v) is 5.94. The SMILES string of the molecule is CC(C)N(CCN1CCN(C(=O)CNc2c(-c3ccc(N4CCCC4)cc3)nc3cnccn23)CC1)C(C)C. The Labute approximate surface area is 232 Å². The van der Waals surface area contributed by atoms with E-state index in [4.69, 9.17) is 4.98 Å². The van der Waals surface area contributed by atoms with Crippen LogP contribution >= 0.6 is 0 Å². The summed E-state index contributed by atoms with van der Waals surface area (Å²) in [5, 5.41) is 3.43. The van der Waals surface area contributed by atoms with Gasteiger partial charge in [0.1, 0.15) is 11.5 Å². The van der Waals surface area contributed by atoms with E-state index in [0.717, 1.165) is 75.1 Å². The van der Waals surface area contributed by atoms with Crippen molar-refractivity contribution in [1.82, 2.24) is 29.1 Å². The van der Waals surface area contributed by atoms with Crippen molar-refractivity contribution in [1.29, 1.82) is 0 Å². The first-order chi connectivity index (χ1) is 18.9. The molecule has 0 bridgehead atoms. The molecule has 2 aliphatic rings. The zero-order valence-corrected chi connectivity index (χ0v) is 24.0. The van der Waals surface area contributed by atoms with Gasteiger partial charge in [0.15, 0.2) is 5.65 Å². The first-order valence-electron chi connectivity index (χ1n) is 14.6. The molecule has 210 valence electrons. The molecule has 9 heteroatoms. The summed E-state index contributed by atoms with van der Waals surface area (Å²) in [4.78, 5) is 31.7. The highest BCUT2D eigenvalue weighted by molar-refractivity contribution is 5.84. The topological polar surface area (TPSA) is 72.2 Å². The van der Waals surface area contributed by atoms with E-state index >= 15 is 0 Å². The maximum atomic E-state index is 13.2. The van der Waals surface area contributed by atoms with Gasteiger partial charge in [0.05, 0.1) is 12.7 Å². The zero-order chi connectivity index (χ0) is 27.4. The van der Waals surface area contributed by atoms with Gasteiger partial charge in [0.2, 0.25) is 5.91 Å². The van der Waals surface area contributed by atoms with Crippen molar-refractivity contribution >= 4 is 23.1 Å². The van der Waals surface area contributed by atoms with E-state index in [9.17, 15) is 4.79 Å². The first-order valence-corrected chi connectivity index (χ1v) is 14.6. The van der Waals surface area contributed by atoms with Crippen LogP contribution < -0.4 is 10.2 Å². The van der Waals surface area contributed by atoms with Crippen LogP contribution in [0.3, 0.4) is 0 Å². The number of fused-ring (bicyclic) bond motifs is 1. The molecule has 2 saturated heterocycles. The quantitative estimate of drug-likeness (QED) is 0.427. The van der Waals surface area contributed by atoms with Crippen molar-refractivity contribution < 1.29 is 4.79 Å². The molecule has 1 aromatic carbocycles. The standard InChI is InChI=1S/C30H44N8O/c1-23(2)37(24(3)4)20-17-34-15-18-36(19-16-34)28(39)22-32-30-29(33-27-21-31-11-14-38(27)30)25-7-9-26(10-8-25)35-12-5-6-13-35/h7-11,14,21,23-24,32H,5-6,12-13,15-20,22H2,1-4H3. The lowest BCUT2D eigenvalue weighted by Crippen LogP contribution is -2.52. The van der Waals surface area contributed by atoms with E-state index in [1.807, 2.05) is 15.5 Å². The Morgan fingerprint density at radius 3 is 2.33 bits per heavy atom. The number of imidazole rings is 1. The lowest BCUT2D eigenvalue weighted by atomic mass is 10.1. The maximum absolute atomic E-state index is 13.2. The summed E-state index contributed by atoms with van der Waals surface area (Å²) >= 11 is 0. The predicted octanol–water partition coefficient (Wildman–Crippen LogP) is 3.67. The minimum Gasteiger partial charge on any atom is -0.372 e. The van der Waals surface area contributed by atoms with Crippen LogP contribution in [0.2, 0.25) is 0 Å². The maximum Gasteiger partial charge on any atom is 0.242 e. The van der Waals surface area contributed by atoms with Crippen LogP contribution in [0.15, 0.2) is 42.9 Å². The van der Waals surface area contributed by atoms with Crippen LogP contribution in [0.1, 0.15) is 40.5 Å². The van der Waals surface area contributed by atoms with E-state index in [2.05, 4.69) is 77.0 Å². The fourth-order valence-electron chi connectivity index (χ4n) is 5.94. The van der Waals surface area contributed by atoms with E-state index in [0.29, 0.717) is 12.1 Å². The normalized spacial score (nSPS) is 16.8. The summed E-state index contributed by atoms with van der Waals surface area (Å²) in [7, 11) is 0. The van der Waals surface area contributed by atoms with Crippen molar-refractivity contribution in [2.45, 2.75) is 52.6 Å². The number of aromatic nitrogens is 3. The van der Waals surface area contributed by atoms with E-state index in [1.54, 1.807) is 12.4 Å². The van der Waals surface area contributed by atoms with Gasteiger partial charge in [0.25, 0.3) is 0 Å². The largest absolute Gasteiger partial charge is 0.372 e. The smallest absolute Gasteiger partial charge is 0.242 e. The van der Waals surface area contributed by atoms with E-state index in [1.165, 1.54) is 18.5 Å². The monoisotopic (exact) mass is 532 g/mol. The second-order valence-electron chi connectivity index (χ2n) is 11.4. The molecule has 0 atom stereocenters. The molecule has 0 saturated carbocycles. The van der Waals surface area contributed by atoms with Crippen molar-refractivity contribution in [3.63, 3.8) is 0 Å². The molecule has 9 nitrogen and oxygen atoms in total. The van der Waals surface area contributed by atoms with Gasteiger partial charge < -0.3 is 15.1 Å². The van der Waals surface area contributed by atoms with Crippen molar-refractivity contribution in [2.75, 3.05) is 69.1 Å². The highest BCUT2D eigenvalue weighted by Gasteiger charge is 2.23. The molecule has 4 heterocycles. The molecule has 5 rings (SSSR count). The van der Waals surface area contributed by atoms with Crippen LogP contribution in [-0.2, 0) is 4.79 Å². The minimum atomic E-state index is 0.125. The lowest BCUT2D eigenvalue weighted by Gasteiger charge is -2.37. The second kappa shape index (κ2) is 12.3. The van der Waals surface area contributed by atoms with Crippen LogP contribution in [0.4, 0.5) is 11.5 Å². The molecule has 1 amide bonds. The number of carbonyl (C=O) groups is 1. The number of piperazine rings is 1. The number of benzene rings is 1. The van der Waals surface area contributed by atoms with Gasteiger partial charge in [-0.2, -0.15) is 0 Å². The minimum absolute atomic E-state index is 0.125. The van der Waals surface area contributed by atoms with Crippen LogP contribution in [-0.4, -0.2) is 106 Å². The number of hydrogen-bond donors (Lipinski definition) is 1. The summed E-state index contributed by atoms with van der Waals surface area (Å²) in [6, 6.07) is 9.71. The van der Waals surface area contributed by atoms with Gasteiger partial charge >= 0.3 is 0 Å². The van der Waals surface area contributed by atoms with Gasteiger partial charge in [-0.3, -0.25) is 24.0 Å². The van der Waals surface area contributed by atoms with Crippen LogP contribution in [0, 0.1) is 0 Å². The third-order valence-electron chi connectivity index (χ3n) is 8.18. The Kier molecular flexibility index (Phi) is 8.67. The number of anilines is 2. The van der Waals surface area contributed by atoms with Crippen molar-refractivity contribution in [2.24, 2.45) is 0 Å². The number of amides is 1. The number of rotatable bonds is 10. The van der Waals surface area contributed by atoms with Crippen molar-refractivity contribution in [3.05, 3.63) is 42.9 Å². The number of hydrogen-bond acceptors (Lipinski definition) is 7. The molecule has 2 aromatic heterocycles. The first kappa shape index (κ1) is 27.4. The highest BCUT2D eigenvalue weighted by atomic mass is 16.2. The summed E-state index contributed by atoms with van der Waals surface area (Å²) < 4.78 is 1.98. The molecule has 0 aliphatic carbocycles. The Morgan fingerprint density at radius 1 is 0.974 bits per heavy atom. The van der Waals surface area contributed by atoms with Crippen molar-refractivity contribution in [3.8, 4) is 11.3 Å². The summed E-state index contributed by atoms with van der Waals surface area (Å²) in [5.74, 6) is 0.954. The third kappa shape index (κ3) is 6.36. The Morgan fingerprint density at radius 2 is 1.67 bits per heavy atom. The molecular formula is C30H44N8O. The Hall–Kier alpha value is -3.17. The second-order valence-corrected chi connectivity index (χ2v) is 11.4. The molecule has 0 unspecified atom stereocenters. The molecule has 1 N–H and O–H groups in total. The van der Waals surface area contributed by atoms with E-state index < -0.39 is 0 Å². The third-order valence-corrected chi connectivity index (χ3v) is 8.18. The van der Waals surface area contributed by atoms with Gasteiger partial charge in [0, 0.05) is 88.1 Å². The highest BCUT2D eigenvalue weighted by Crippen LogP contribution is 2.30. The number of carbonyl (C=O) groups excluding carboxylic acids is 1. The predicted molar refractivity (Wildman–Crippen MR) is 158 cm³/mol. The molecule has 2 aliphatic heterocycles. The molecule has 0 spiro atoms. The van der Waals surface area contributed by atoms with Gasteiger partial charge in [-0.05, 0) is 52.7 Å². The average Bonchev–Trinajstić information content (AvgIpc) is 3.60. The Bertz CT molecular complexity index is 1220. The van der Waals surface area contributed by atoms with Gasteiger partial charge in [-0.25, -0.2) is 4.98 Å². The average molecular weight is 533 g/mol. The van der Waals surface area contributed by atoms with Gasteiger partial charge in [-0.15, -0.1) is 0 Å². The molecule has 2 fully saturated rings. The molecular weight excluding hydrogens is 488 g/mol. The lowest BCUT2D eigenvalue weighted by molar-refractivity contribution is -0.131. The summed E-state index contributed by atoms with van der Waals surface area (Å²) in [6.45, 7) is 17.0. The van der Waals surface area contributed by atoms with E-state index in [-0.39, 0.29) is 12.5 Å². The van der Waals surface area contributed by atoms with Gasteiger partial charge in [-0.1, -0.05) is 12.1 Å².